The SMILES string of the molecule is C=CCn1cc(C)nc1NCCc1nccs1. The smallest absolute Gasteiger partial charge is 0.203 e. The average molecular weight is 248 g/mol. The van der Waals surface area contributed by atoms with Gasteiger partial charge in [-0.15, -0.1) is 17.9 Å². The predicted octanol–water partition coefficient (Wildman–Crippen LogP) is 2.49. The van der Waals surface area contributed by atoms with Crippen LogP contribution in [0.5, 0.6) is 0 Å². The van der Waals surface area contributed by atoms with E-state index in [2.05, 4.69) is 26.4 Å². The highest BCUT2D eigenvalue weighted by Gasteiger charge is 2.03. The molecule has 0 aliphatic carbocycles. The molecule has 0 aliphatic rings. The second-order valence-electron chi connectivity index (χ2n) is 3.75. The van der Waals surface area contributed by atoms with Crippen molar-refractivity contribution in [2.75, 3.05) is 11.9 Å². The zero-order valence-electron chi connectivity index (χ0n) is 9.89. The Kier molecular flexibility index (Phi) is 3.93. The van der Waals surface area contributed by atoms with Crippen LogP contribution >= 0.6 is 11.3 Å². The summed E-state index contributed by atoms with van der Waals surface area (Å²) >= 11 is 1.68. The molecule has 0 spiro atoms. The highest BCUT2D eigenvalue weighted by atomic mass is 32.1. The fraction of sp³-hybridized carbons (Fsp3) is 0.333. The standard InChI is InChI=1S/C12H16N4S/c1-3-7-16-9-10(2)15-12(16)14-5-4-11-13-6-8-17-11/h3,6,8-9H,1,4-5,7H2,2H3,(H,14,15). The van der Waals surface area contributed by atoms with Crippen molar-refractivity contribution in [2.24, 2.45) is 0 Å². The number of nitrogens with one attached hydrogen (secondary N) is 1. The van der Waals surface area contributed by atoms with Gasteiger partial charge >= 0.3 is 0 Å². The van der Waals surface area contributed by atoms with Crippen molar-refractivity contribution in [3.8, 4) is 0 Å². The maximum atomic E-state index is 4.44. The van der Waals surface area contributed by atoms with Gasteiger partial charge in [0.1, 0.15) is 0 Å². The molecule has 0 fully saturated rings. The number of allylic oxidation sites excluding steroid dienone is 1. The van der Waals surface area contributed by atoms with Gasteiger partial charge in [-0.1, -0.05) is 6.08 Å². The van der Waals surface area contributed by atoms with Gasteiger partial charge in [0.15, 0.2) is 0 Å². The normalized spacial score (nSPS) is 10.4. The fourth-order valence-electron chi connectivity index (χ4n) is 1.62. The minimum absolute atomic E-state index is 0.778. The van der Waals surface area contributed by atoms with Crippen molar-refractivity contribution in [2.45, 2.75) is 19.9 Å². The molecule has 0 saturated heterocycles. The van der Waals surface area contributed by atoms with Crippen LogP contribution in [0.3, 0.4) is 0 Å². The molecule has 0 radical (unpaired) electrons. The van der Waals surface area contributed by atoms with Crippen molar-refractivity contribution in [1.29, 1.82) is 0 Å². The Bertz CT molecular complexity index is 473. The average Bonchev–Trinajstić information content (AvgIpc) is 2.90. The monoisotopic (exact) mass is 248 g/mol. The van der Waals surface area contributed by atoms with E-state index in [-0.39, 0.29) is 0 Å². The third-order valence-corrected chi connectivity index (χ3v) is 3.17. The minimum Gasteiger partial charge on any atom is -0.355 e. The number of thiazole rings is 1. The first-order chi connectivity index (χ1) is 8.29. The Labute approximate surface area is 105 Å². The molecule has 0 aliphatic heterocycles. The second-order valence-corrected chi connectivity index (χ2v) is 4.73. The molecule has 1 N–H and O–H groups in total. The number of rotatable bonds is 6. The van der Waals surface area contributed by atoms with Crippen LogP contribution in [-0.4, -0.2) is 21.1 Å². The molecule has 2 heterocycles. The molecule has 4 nitrogen and oxygen atoms in total. The number of hydrogen-bond acceptors (Lipinski definition) is 4. The van der Waals surface area contributed by atoms with Crippen LogP contribution in [0.2, 0.25) is 0 Å². The molecule has 5 heteroatoms. The van der Waals surface area contributed by atoms with Gasteiger partial charge in [-0.25, -0.2) is 9.97 Å². The third kappa shape index (κ3) is 3.17. The molecule has 2 aromatic rings. The Balaban J connectivity index is 1.91. The molecule has 0 aromatic carbocycles. The maximum absolute atomic E-state index is 4.44. The number of imidazole rings is 1. The molecule has 0 amide bonds. The van der Waals surface area contributed by atoms with E-state index in [0.29, 0.717) is 0 Å². The van der Waals surface area contributed by atoms with E-state index in [1.54, 1.807) is 11.3 Å². The second kappa shape index (κ2) is 5.63. The summed E-state index contributed by atoms with van der Waals surface area (Å²) in [5.41, 5.74) is 1.02. The largest absolute Gasteiger partial charge is 0.355 e. The zero-order valence-corrected chi connectivity index (χ0v) is 10.7. The van der Waals surface area contributed by atoms with Crippen LogP contribution < -0.4 is 5.32 Å². The number of anilines is 1. The lowest BCUT2D eigenvalue weighted by molar-refractivity contribution is 0.816. The molecule has 90 valence electrons. The first-order valence-electron chi connectivity index (χ1n) is 5.56. The zero-order chi connectivity index (χ0) is 12.1. The number of aryl methyl sites for hydroxylation is 1. The van der Waals surface area contributed by atoms with Gasteiger partial charge in [-0.05, 0) is 6.92 Å². The highest BCUT2D eigenvalue weighted by molar-refractivity contribution is 7.09. The fourth-order valence-corrected chi connectivity index (χ4v) is 2.24. The number of nitrogens with zero attached hydrogens (tertiary/aromatic N) is 3. The van der Waals surface area contributed by atoms with E-state index >= 15 is 0 Å². The molecule has 0 saturated carbocycles. The van der Waals surface area contributed by atoms with Gasteiger partial charge in [-0.2, -0.15) is 0 Å². The number of hydrogen-bond donors (Lipinski definition) is 1. The van der Waals surface area contributed by atoms with E-state index in [9.17, 15) is 0 Å². The Morgan fingerprint density at radius 3 is 3.18 bits per heavy atom. The highest BCUT2D eigenvalue weighted by Crippen LogP contribution is 2.09. The third-order valence-electron chi connectivity index (χ3n) is 2.33. The molecule has 2 aromatic heterocycles. The van der Waals surface area contributed by atoms with E-state index in [1.165, 1.54) is 0 Å². The summed E-state index contributed by atoms with van der Waals surface area (Å²) in [6.07, 6.45) is 6.65. The van der Waals surface area contributed by atoms with E-state index in [4.69, 9.17) is 0 Å². The summed E-state index contributed by atoms with van der Waals surface area (Å²) in [5.74, 6) is 0.902. The van der Waals surface area contributed by atoms with Crippen molar-refractivity contribution < 1.29 is 0 Å². The lowest BCUT2D eigenvalue weighted by Gasteiger charge is -2.06. The first-order valence-corrected chi connectivity index (χ1v) is 6.44. The van der Waals surface area contributed by atoms with Gasteiger partial charge < -0.3 is 9.88 Å². The van der Waals surface area contributed by atoms with E-state index < -0.39 is 0 Å². The lowest BCUT2D eigenvalue weighted by Crippen LogP contribution is -2.10. The van der Waals surface area contributed by atoms with Crippen molar-refractivity contribution in [3.63, 3.8) is 0 Å². The Hall–Kier alpha value is -1.62. The molecule has 17 heavy (non-hydrogen) atoms. The summed E-state index contributed by atoms with van der Waals surface area (Å²) in [6, 6.07) is 0. The summed E-state index contributed by atoms with van der Waals surface area (Å²) in [6.45, 7) is 7.36. The predicted molar refractivity (Wildman–Crippen MR) is 71.5 cm³/mol. The maximum Gasteiger partial charge on any atom is 0.203 e. The first kappa shape index (κ1) is 11.9. The van der Waals surface area contributed by atoms with Crippen molar-refractivity contribution in [3.05, 3.63) is 41.1 Å². The summed E-state index contributed by atoms with van der Waals surface area (Å²) in [5, 5.41) is 6.48. The van der Waals surface area contributed by atoms with Crippen molar-refractivity contribution in [1.82, 2.24) is 14.5 Å². The molecule has 0 atom stereocenters. The molecule has 0 unspecified atom stereocenters. The van der Waals surface area contributed by atoms with Crippen molar-refractivity contribution >= 4 is 17.3 Å². The lowest BCUT2D eigenvalue weighted by atomic mass is 10.4. The molecular weight excluding hydrogens is 232 g/mol. The minimum atomic E-state index is 0.778. The molecule has 2 rings (SSSR count). The van der Waals surface area contributed by atoms with Crippen LogP contribution in [0.4, 0.5) is 5.95 Å². The summed E-state index contributed by atoms with van der Waals surface area (Å²) in [4.78, 5) is 8.68. The van der Waals surface area contributed by atoms with E-state index in [0.717, 1.165) is 36.2 Å². The molecular formula is C12H16N4S. The Morgan fingerprint density at radius 2 is 2.47 bits per heavy atom. The summed E-state index contributed by atoms with van der Waals surface area (Å²) in [7, 11) is 0. The van der Waals surface area contributed by atoms with Gasteiger partial charge in [0.2, 0.25) is 5.95 Å². The molecule has 0 bridgehead atoms. The van der Waals surface area contributed by atoms with Crippen LogP contribution in [0.25, 0.3) is 0 Å². The topological polar surface area (TPSA) is 42.7 Å². The van der Waals surface area contributed by atoms with Crippen LogP contribution in [-0.2, 0) is 13.0 Å². The van der Waals surface area contributed by atoms with Gasteiger partial charge in [0.25, 0.3) is 0 Å². The summed E-state index contributed by atoms with van der Waals surface area (Å²) < 4.78 is 2.06. The Morgan fingerprint density at radius 1 is 1.59 bits per heavy atom. The van der Waals surface area contributed by atoms with Gasteiger partial charge in [-0.3, -0.25) is 0 Å². The quantitative estimate of drug-likeness (QED) is 0.799. The van der Waals surface area contributed by atoms with Crippen LogP contribution in [0, 0.1) is 6.92 Å². The number of aromatic nitrogens is 3. The van der Waals surface area contributed by atoms with Crippen LogP contribution in [0.1, 0.15) is 10.7 Å². The van der Waals surface area contributed by atoms with Gasteiger partial charge in [0, 0.05) is 37.3 Å². The van der Waals surface area contributed by atoms with E-state index in [1.807, 2.05) is 30.8 Å². The van der Waals surface area contributed by atoms with Crippen LogP contribution in [0.15, 0.2) is 30.4 Å². The van der Waals surface area contributed by atoms with Gasteiger partial charge in [0.05, 0.1) is 10.7 Å².